The van der Waals surface area contributed by atoms with Gasteiger partial charge in [0.2, 0.25) is 17.7 Å². The number of amides is 2. The molecule has 0 saturated heterocycles. The minimum absolute atomic E-state index is 0. The van der Waals surface area contributed by atoms with E-state index in [1.54, 1.807) is 18.9 Å². The van der Waals surface area contributed by atoms with Gasteiger partial charge in [-0.15, -0.1) is 10.2 Å². The molecule has 0 N–H and O–H groups in total. The van der Waals surface area contributed by atoms with Crippen molar-refractivity contribution in [3.63, 3.8) is 0 Å². The summed E-state index contributed by atoms with van der Waals surface area (Å²) in [6.45, 7) is 8.56. The summed E-state index contributed by atoms with van der Waals surface area (Å²) in [4.78, 5) is 32.6. The van der Waals surface area contributed by atoms with Gasteiger partial charge in [-0.25, -0.2) is 0 Å². The molecular formula is C19H36N6O3. The highest BCUT2D eigenvalue weighted by atomic mass is 16.4. The lowest BCUT2D eigenvalue weighted by molar-refractivity contribution is -0.124. The summed E-state index contributed by atoms with van der Waals surface area (Å²) >= 11 is 0. The van der Waals surface area contributed by atoms with Gasteiger partial charge in [-0.2, -0.15) is 4.99 Å². The van der Waals surface area contributed by atoms with E-state index >= 15 is 0 Å². The third kappa shape index (κ3) is 8.41. The number of hydrogen-bond acceptors (Lipinski definition) is 7. The Morgan fingerprint density at radius 1 is 0.964 bits per heavy atom. The fourth-order valence-corrected chi connectivity index (χ4v) is 2.25. The molecule has 0 radical (unpaired) electrons. The highest BCUT2D eigenvalue weighted by Crippen LogP contribution is 2.02. The molecule has 0 aromatic carbocycles. The molecule has 2 aliphatic heterocycles. The number of aryl methyl sites for hydroxylation is 2. The topological polar surface area (TPSA) is 104 Å². The number of likely N-dealkylation sites (N-methyl/N-ethyl adjacent to an activating group) is 2. The van der Waals surface area contributed by atoms with Crippen molar-refractivity contribution in [3.8, 4) is 0 Å². The Morgan fingerprint density at radius 2 is 1.57 bits per heavy atom. The molecule has 3 heterocycles. The van der Waals surface area contributed by atoms with E-state index in [9.17, 15) is 9.59 Å². The van der Waals surface area contributed by atoms with Crippen LogP contribution in [0.4, 0.5) is 0 Å². The van der Waals surface area contributed by atoms with Crippen molar-refractivity contribution in [3.05, 3.63) is 11.8 Å². The number of carbonyl (C=O) groups is 2. The first-order valence-corrected chi connectivity index (χ1v) is 8.72. The van der Waals surface area contributed by atoms with Crippen LogP contribution in [0.3, 0.4) is 0 Å². The van der Waals surface area contributed by atoms with Crippen LogP contribution >= 0.6 is 0 Å². The van der Waals surface area contributed by atoms with Crippen LogP contribution in [-0.4, -0.2) is 70.7 Å². The summed E-state index contributed by atoms with van der Waals surface area (Å²) < 4.78 is 5.01. The van der Waals surface area contributed by atoms with E-state index in [0.717, 1.165) is 30.9 Å². The first kappa shape index (κ1) is 27.6. The molecule has 1 aromatic heterocycles. The van der Waals surface area contributed by atoms with Crippen LogP contribution in [0.1, 0.15) is 60.2 Å². The van der Waals surface area contributed by atoms with Crippen molar-refractivity contribution in [2.75, 3.05) is 27.2 Å². The number of amidine groups is 2. The molecule has 9 nitrogen and oxygen atoms in total. The normalized spacial score (nSPS) is 14.8. The zero-order chi connectivity index (χ0) is 19.7. The Hall–Kier alpha value is -2.58. The molecule has 0 bridgehead atoms. The number of aliphatic imine (C=N–C) groups is 2. The molecule has 2 amide bonds. The number of nitrogens with zero attached hydrogens (tertiary/aromatic N) is 6. The Morgan fingerprint density at radius 3 is 1.79 bits per heavy atom. The number of hydrogen-bond donors (Lipinski definition) is 0. The summed E-state index contributed by atoms with van der Waals surface area (Å²) in [6, 6.07) is 0. The van der Waals surface area contributed by atoms with E-state index in [4.69, 9.17) is 4.42 Å². The van der Waals surface area contributed by atoms with Gasteiger partial charge >= 0.3 is 0 Å². The maximum absolute atomic E-state index is 10.8. The van der Waals surface area contributed by atoms with Gasteiger partial charge in [-0.3, -0.25) is 14.6 Å². The van der Waals surface area contributed by atoms with Gasteiger partial charge in [0, 0.05) is 40.3 Å². The molecule has 0 aliphatic carbocycles. The van der Waals surface area contributed by atoms with Crippen molar-refractivity contribution in [1.29, 1.82) is 0 Å². The lowest BCUT2D eigenvalue weighted by atomic mass is 10.4. The van der Waals surface area contributed by atoms with E-state index in [0.29, 0.717) is 24.9 Å². The number of aromatic nitrogens is 2. The molecule has 0 unspecified atom stereocenters. The van der Waals surface area contributed by atoms with Crippen molar-refractivity contribution >= 4 is 23.5 Å². The lowest BCUT2D eigenvalue weighted by Gasteiger charge is -2.08. The summed E-state index contributed by atoms with van der Waals surface area (Å²) in [5, 5.41) is 7.39. The SMILES string of the molecule is C.C.CCC1=NC(=O)CN1C.CCC1=NCC(=O)N1C.CCc1nnc(C)o1. The molecule has 160 valence electrons. The van der Waals surface area contributed by atoms with E-state index in [2.05, 4.69) is 20.2 Å². The molecule has 9 heteroatoms. The highest BCUT2D eigenvalue weighted by molar-refractivity contribution is 6.03. The Labute approximate surface area is 168 Å². The van der Waals surface area contributed by atoms with Gasteiger partial charge in [0.1, 0.15) is 24.8 Å². The smallest absolute Gasteiger partial charge is 0.266 e. The fourth-order valence-electron chi connectivity index (χ4n) is 2.25. The largest absolute Gasteiger partial charge is 0.426 e. The third-order valence-corrected chi connectivity index (χ3v) is 3.73. The standard InChI is InChI=1S/2C6H10N2O.C5H8N2O.2CH4/c1-3-5-7-6(9)4-8(5)2;1-3-5-7-4-6(9)8(5)2;1-3-5-7-6-4(2)8-5;;/h2*3-4H2,1-2H3;3H2,1-2H3;2*1H4. The van der Waals surface area contributed by atoms with Crippen LogP contribution in [-0.2, 0) is 16.0 Å². The number of rotatable bonds is 3. The highest BCUT2D eigenvalue weighted by Gasteiger charge is 2.18. The van der Waals surface area contributed by atoms with E-state index in [1.807, 2.05) is 32.7 Å². The minimum atomic E-state index is -0.0191. The van der Waals surface area contributed by atoms with Gasteiger partial charge < -0.3 is 14.2 Å². The average molecular weight is 397 g/mol. The van der Waals surface area contributed by atoms with Crippen molar-refractivity contribution in [2.45, 2.75) is 61.8 Å². The predicted octanol–water partition coefficient (Wildman–Crippen LogP) is 2.75. The molecule has 3 rings (SSSR count). The summed E-state index contributed by atoms with van der Waals surface area (Å²) in [5.74, 6) is 3.24. The Balaban J connectivity index is 0. The van der Waals surface area contributed by atoms with Crippen LogP contribution < -0.4 is 0 Å². The molecule has 28 heavy (non-hydrogen) atoms. The van der Waals surface area contributed by atoms with Crippen LogP contribution in [0.2, 0.25) is 0 Å². The summed E-state index contributed by atoms with van der Waals surface area (Å²) in [6.07, 6.45) is 2.52. The van der Waals surface area contributed by atoms with E-state index in [-0.39, 0.29) is 26.7 Å². The first-order chi connectivity index (χ1) is 12.3. The van der Waals surface area contributed by atoms with Crippen molar-refractivity contribution < 1.29 is 14.0 Å². The Bertz CT molecular complexity index is 681. The molecule has 0 saturated carbocycles. The van der Waals surface area contributed by atoms with Gasteiger partial charge in [0.25, 0.3) is 5.91 Å². The van der Waals surface area contributed by atoms with E-state index < -0.39 is 0 Å². The second-order valence-corrected chi connectivity index (χ2v) is 5.74. The van der Waals surface area contributed by atoms with Crippen molar-refractivity contribution in [2.24, 2.45) is 9.98 Å². The summed E-state index contributed by atoms with van der Waals surface area (Å²) in [7, 11) is 3.64. The monoisotopic (exact) mass is 396 g/mol. The molecule has 0 spiro atoms. The van der Waals surface area contributed by atoms with Crippen LogP contribution in [0, 0.1) is 6.92 Å². The quantitative estimate of drug-likeness (QED) is 0.778. The minimum Gasteiger partial charge on any atom is -0.426 e. The predicted molar refractivity (Wildman–Crippen MR) is 113 cm³/mol. The first-order valence-electron chi connectivity index (χ1n) is 8.72. The third-order valence-electron chi connectivity index (χ3n) is 3.73. The summed E-state index contributed by atoms with van der Waals surface area (Å²) in [5.41, 5.74) is 0. The second-order valence-electron chi connectivity index (χ2n) is 5.74. The van der Waals surface area contributed by atoms with Gasteiger partial charge in [0.05, 0.1) is 0 Å². The van der Waals surface area contributed by atoms with Crippen LogP contribution in [0.25, 0.3) is 0 Å². The van der Waals surface area contributed by atoms with E-state index in [1.165, 1.54) is 0 Å². The average Bonchev–Trinajstić information content (AvgIpc) is 3.28. The van der Waals surface area contributed by atoms with Crippen LogP contribution in [0.5, 0.6) is 0 Å². The van der Waals surface area contributed by atoms with Crippen LogP contribution in [0.15, 0.2) is 14.4 Å². The molecule has 1 aromatic rings. The lowest BCUT2D eigenvalue weighted by Crippen LogP contribution is -2.27. The molecular weight excluding hydrogens is 360 g/mol. The maximum atomic E-state index is 10.8. The molecule has 0 atom stereocenters. The second kappa shape index (κ2) is 13.6. The molecule has 0 fully saturated rings. The fraction of sp³-hybridized carbons (Fsp3) is 0.684. The van der Waals surface area contributed by atoms with Gasteiger partial charge in [0.15, 0.2) is 0 Å². The zero-order valence-electron chi connectivity index (χ0n) is 16.4. The van der Waals surface area contributed by atoms with Crippen molar-refractivity contribution in [1.82, 2.24) is 20.0 Å². The number of carbonyl (C=O) groups excluding carboxylic acids is 2. The molecule has 2 aliphatic rings. The Kier molecular flexibility index (Phi) is 13.4. The van der Waals surface area contributed by atoms with Gasteiger partial charge in [-0.1, -0.05) is 35.6 Å². The maximum Gasteiger partial charge on any atom is 0.266 e. The van der Waals surface area contributed by atoms with Gasteiger partial charge in [-0.05, 0) is 0 Å². The zero-order valence-corrected chi connectivity index (χ0v) is 16.4.